The van der Waals surface area contributed by atoms with Crippen LogP contribution in [0.25, 0.3) is 0 Å². The van der Waals surface area contributed by atoms with E-state index < -0.39 is 0 Å². The third-order valence-corrected chi connectivity index (χ3v) is 4.21. The Labute approximate surface area is 114 Å². The maximum atomic E-state index is 12.8. The molecule has 1 saturated heterocycles. The molecule has 2 aliphatic rings. The smallest absolute Gasteiger partial charge is 0.230 e. The van der Waals surface area contributed by atoms with Gasteiger partial charge in [0.05, 0.1) is 5.41 Å². The van der Waals surface area contributed by atoms with E-state index in [1.807, 2.05) is 18.3 Å². The Bertz CT molecular complexity index is 450. The molecule has 1 atom stereocenters. The molecule has 0 radical (unpaired) electrons. The molecular formula is C15H21N3O. The predicted octanol–water partition coefficient (Wildman–Crippen LogP) is 1.57. The summed E-state index contributed by atoms with van der Waals surface area (Å²) < 4.78 is 0. The monoisotopic (exact) mass is 259 g/mol. The zero-order valence-corrected chi connectivity index (χ0v) is 11.4. The van der Waals surface area contributed by atoms with E-state index in [2.05, 4.69) is 22.1 Å². The van der Waals surface area contributed by atoms with Gasteiger partial charge in [-0.3, -0.25) is 9.78 Å². The molecule has 1 saturated carbocycles. The van der Waals surface area contributed by atoms with Crippen LogP contribution >= 0.6 is 0 Å². The summed E-state index contributed by atoms with van der Waals surface area (Å²) in [5.74, 6) is 0.309. The fourth-order valence-electron chi connectivity index (χ4n) is 2.79. The number of rotatable bonds is 4. The number of carbonyl (C=O) groups is 1. The van der Waals surface area contributed by atoms with E-state index in [9.17, 15) is 4.79 Å². The number of hydrogen-bond acceptors (Lipinski definition) is 3. The van der Waals surface area contributed by atoms with Crippen LogP contribution in [0.2, 0.25) is 0 Å². The van der Waals surface area contributed by atoms with E-state index in [0.717, 1.165) is 37.9 Å². The maximum Gasteiger partial charge on any atom is 0.230 e. The van der Waals surface area contributed by atoms with Gasteiger partial charge in [-0.1, -0.05) is 6.07 Å². The van der Waals surface area contributed by atoms with Crippen LogP contribution in [-0.2, 0) is 11.3 Å². The van der Waals surface area contributed by atoms with Gasteiger partial charge >= 0.3 is 0 Å². The van der Waals surface area contributed by atoms with E-state index in [0.29, 0.717) is 18.5 Å². The van der Waals surface area contributed by atoms with Crippen molar-refractivity contribution in [3.8, 4) is 0 Å². The summed E-state index contributed by atoms with van der Waals surface area (Å²) in [6, 6.07) is 4.43. The average Bonchev–Trinajstić information content (AvgIpc) is 3.18. The van der Waals surface area contributed by atoms with Gasteiger partial charge in [-0.25, -0.2) is 0 Å². The van der Waals surface area contributed by atoms with Gasteiger partial charge in [0, 0.05) is 31.5 Å². The first-order chi connectivity index (χ1) is 9.19. The standard InChI is InChI=1S/C15H21N3O/c1-15(6-8-17-11-15)14(19)18(13-4-5-13)10-12-3-2-7-16-9-12/h2-3,7,9,13,17H,4-6,8,10-11H2,1H3. The molecule has 0 aromatic carbocycles. The van der Waals surface area contributed by atoms with Crippen LogP contribution in [0.15, 0.2) is 24.5 Å². The topological polar surface area (TPSA) is 45.2 Å². The Morgan fingerprint density at radius 1 is 1.58 bits per heavy atom. The number of pyridine rings is 1. The fraction of sp³-hybridized carbons (Fsp3) is 0.600. The van der Waals surface area contributed by atoms with Gasteiger partial charge in [-0.2, -0.15) is 0 Å². The summed E-state index contributed by atoms with van der Waals surface area (Å²) >= 11 is 0. The highest BCUT2D eigenvalue weighted by atomic mass is 16.2. The molecule has 1 aliphatic carbocycles. The van der Waals surface area contributed by atoms with Crippen LogP contribution in [-0.4, -0.2) is 34.9 Å². The molecule has 102 valence electrons. The highest BCUT2D eigenvalue weighted by molar-refractivity contribution is 5.83. The SMILES string of the molecule is CC1(C(=O)N(Cc2cccnc2)C2CC2)CCNC1. The third-order valence-electron chi connectivity index (χ3n) is 4.21. The minimum absolute atomic E-state index is 0.217. The van der Waals surface area contributed by atoms with Crippen LogP contribution in [0.5, 0.6) is 0 Å². The normalized spacial score (nSPS) is 26.4. The van der Waals surface area contributed by atoms with Crippen molar-refractivity contribution in [1.29, 1.82) is 0 Å². The zero-order chi connectivity index (χ0) is 13.3. The van der Waals surface area contributed by atoms with E-state index in [1.54, 1.807) is 6.20 Å². The van der Waals surface area contributed by atoms with E-state index in [-0.39, 0.29) is 5.41 Å². The largest absolute Gasteiger partial charge is 0.335 e. The van der Waals surface area contributed by atoms with Crippen molar-refractivity contribution in [1.82, 2.24) is 15.2 Å². The lowest BCUT2D eigenvalue weighted by molar-refractivity contribution is -0.141. The molecule has 0 spiro atoms. The lowest BCUT2D eigenvalue weighted by Crippen LogP contribution is -2.44. The molecule has 1 N–H and O–H groups in total. The Balaban J connectivity index is 1.76. The first kappa shape index (κ1) is 12.6. The minimum atomic E-state index is -0.217. The molecule has 2 fully saturated rings. The van der Waals surface area contributed by atoms with Crippen molar-refractivity contribution in [2.45, 2.75) is 38.8 Å². The minimum Gasteiger partial charge on any atom is -0.335 e. The van der Waals surface area contributed by atoms with Crippen molar-refractivity contribution >= 4 is 5.91 Å². The first-order valence-corrected chi connectivity index (χ1v) is 7.10. The summed E-state index contributed by atoms with van der Waals surface area (Å²) in [6.45, 7) is 4.55. The highest BCUT2D eigenvalue weighted by Crippen LogP contribution is 2.35. The summed E-state index contributed by atoms with van der Waals surface area (Å²) in [5.41, 5.74) is 0.905. The zero-order valence-electron chi connectivity index (χ0n) is 11.4. The number of amides is 1. The maximum absolute atomic E-state index is 12.8. The number of carbonyl (C=O) groups excluding carboxylic acids is 1. The van der Waals surface area contributed by atoms with Gasteiger partial charge in [0.25, 0.3) is 0 Å². The molecule has 1 aliphatic heterocycles. The first-order valence-electron chi connectivity index (χ1n) is 7.10. The molecule has 4 heteroatoms. The van der Waals surface area contributed by atoms with E-state index >= 15 is 0 Å². The number of aromatic nitrogens is 1. The van der Waals surface area contributed by atoms with Gasteiger partial charge in [0.15, 0.2) is 0 Å². The van der Waals surface area contributed by atoms with Gasteiger partial charge in [0.1, 0.15) is 0 Å². The van der Waals surface area contributed by atoms with Crippen molar-refractivity contribution in [3.05, 3.63) is 30.1 Å². The van der Waals surface area contributed by atoms with Crippen molar-refractivity contribution in [2.24, 2.45) is 5.41 Å². The Morgan fingerprint density at radius 2 is 2.42 bits per heavy atom. The van der Waals surface area contributed by atoms with Crippen molar-refractivity contribution < 1.29 is 4.79 Å². The van der Waals surface area contributed by atoms with E-state index in [4.69, 9.17) is 0 Å². The Kier molecular flexibility index (Phi) is 3.27. The van der Waals surface area contributed by atoms with Crippen LogP contribution in [0.3, 0.4) is 0 Å². The predicted molar refractivity (Wildman–Crippen MR) is 73.4 cm³/mol. The molecule has 4 nitrogen and oxygen atoms in total. The van der Waals surface area contributed by atoms with Crippen molar-refractivity contribution in [3.63, 3.8) is 0 Å². The summed E-state index contributed by atoms with van der Waals surface area (Å²) in [6.07, 6.45) is 6.87. The van der Waals surface area contributed by atoms with Crippen LogP contribution in [0, 0.1) is 5.41 Å². The molecule has 2 heterocycles. The summed E-state index contributed by atoms with van der Waals surface area (Å²) in [7, 11) is 0. The van der Waals surface area contributed by atoms with E-state index in [1.165, 1.54) is 0 Å². The van der Waals surface area contributed by atoms with Crippen LogP contribution in [0.1, 0.15) is 31.7 Å². The quantitative estimate of drug-likeness (QED) is 0.892. The molecule has 1 aromatic rings. The number of hydrogen-bond donors (Lipinski definition) is 1. The Morgan fingerprint density at radius 3 is 3.00 bits per heavy atom. The van der Waals surface area contributed by atoms with Crippen LogP contribution < -0.4 is 5.32 Å². The second-order valence-electron chi connectivity index (χ2n) is 6.01. The summed E-state index contributed by atoms with van der Waals surface area (Å²) in [4.78, 5) is 19.0. The molecular weight excluding hydrogens is 238 g/mol. The molecule has 1 unspecified atom stereocenters. The van der Waals surface area contributed by atoms with Gasteiger partial charge in [0.2, 0.25) is 5.91 Å². The van der Waals surface area contributed by atoms with Gasteiger partial charge in [-0.15, -0.1) is 0 Å². The molecule has 19 heavy (non-hydrogen) atoms. The van der Waals surface area contributed by atoms with Crippen molar-refractivity contribution in [2.75, 3.05) is 13.1 Å². The second-order valence-corrected chi connectivity index (χ2v) is 6.01. The molecule has 3 rings (SSSR count). The lowest BCUT2D eigenvalue weighted by Gasteiger charge is -2.31. The van der Waals surface area contributed by atoms with Gasteiger partial charge < -0.3 is 10.2 Å². The molecule has 1 amide bonds. The number of nitrogens with zero attached hydrogens (tertiary/aromatic N) is 2. The molecule has 1 aromatic heterocycles. The third kappa shape index (κ3) is 2.63. The second kappa shape index (κ2) is 4.93. The number of nitrogens with one attached hydrogen (secondary N) is 1. The summed E-state index contributed by atoms with van der Waals surface area (Å²) in [5, 5.41) is 3.31. The fourth-order valence-corrected chi connectivity index (χ4v) is 2.79. The Hall–Kier alpha value is -1.42. The molecule has 0 bridgehead atoms. The highest BCUT2D eigenvalue weighted by Gasteiger charge is 2.43. The van der Waals surface area contributed by atoms with Crippen LogP contribution in [0.4, 0.5) is 0 Å². The van der Waals surface area contributed by atoms with Gasteiger partial charge in [-0.05, 0) is 44.4 Å². The average molecular weight is 259 g/mol. The lowest BCUT2D eigenvalue weighted by atomic mass is 9.88.